The van der Waals surface area contributed by atoms with Crippen LogP contribution in [-0.2, 0) is 33.9 Å². The second kappa shape index (κ2) is 8.91. The Morgan fingerprint density at radius 2 is 2.08 bits per heavy atom. The molecule has 1 saturated heterocycles. The predicted molar refractivity (Wildman–Crippen MR) is 101 cm³/mol. The highest BCUT2D eigenvalue weighted by Crippen LogP contribution is 2.25. The molecule has 1 aliphatic rings. The van der Waals surface area contributed by atoms with E-state index in [1.54, 1.807) is 4.90 Å². The van der Waals surface area contributed by atoms with E-state index in [0.717, 1.165) is 24.1 Å². The van der Waals surface area contributed by atoms with Gasteiger partial charge in [-0.2, -0.15) is 0 Å². The fraction of sp³-hybridized carbons (Fsp3) is 0.421. The largest absolute Gasteiger partial charge is 0.377 e. The van der Waals surface area contributed by atoms with E-state index in [1.807, 2.05) is 36.6 Å². The van der Waals surface area contributed by atoms with Gasteiger partial charge in [0.25, 0.3) is 0 Å². The summed E-state index contributed by atoms with van der Waals surface area (Å²) >= 11 is 1.42. The Balaban J connectivity index is 1.47. The van der Waals surface area contributed by atoms with E-state index in [2.05, 4.69) is 10.3 Å². The number of amides is 2. The Morgan fingerprint density at radius 1 is 1.31 bits per heavy atom. The van der Waals surface area contributed by atoms with Gasteiger partial charge in [-0.05, 0) is 24.5 Å². The van der Waals surface area contributed by atoms with E-state index in [9.17, 15) is 9.59 Å². The third-order valence-corrected chi connectivity index (χ3v) is 5.08. The van der Waals surface area contributed by atoms with Crippen LogP contribution in [0.4, 0.5) is 5.13 Å². The zero-order valence-electron chi connectivity index (χ0n) is 14.9. The number of aromatic nitrogens is 1. The molecule has 0 radical (unpaired) electrons. The Labute approximate surface area is 157 Å². The molecule has 2 heterocycles. The summed E-state index contributed by atoms with van der Waals surface area (Å²) in [5.74, 6) is 0.0381. The van der Waals surface area contributed by atoms with Crippen molar-refractivity contribution in [3.05, 3.63) is 46.5 Å². The quantitative estimate of drug-likeness (QED) is 0.772. The maximum absolute atomic E-state index is 12.1. The van der Waals surface area contributed by atoms with E-state index < -0.39 is 0 Å². The molecule has 0 aliphatic carbocycles. The predicted octanol–water partition coefficient (Wildman–Crippen LogP) is 2.67. The summed E-state index contributed by atoms with van der Waals surface area (Å²) in [5.41, 5.74) is 2.86. The molecule has 0 unspecified atom stereocenters. The summed E-state index contributed by atoms with van der Waals surface area (Å²) < 4.78 is 5.37. The lowest BCUT2D eigenvalue weighted by molar-refractivity contribution is -0.120. The first-order valence-electron chi connectivity index (χ1n) is 8.82. The van der Waals surface area contributed by atoms with Gasteiger partial charge >= 0.3 is 0 Å². The summed E-state index contributed by atoms with van der Waals surface area (Å²) in [5, 5.41) is 5.46. The molecule has 0 atom stereocenters. The molecule has 1 N–H and O–H groups in total. The van der Waals surface area contributed by atoms with Crippen molar-refractivity contribution < 1.29 is 14.3 Å². The van der Waals surface area contributed by atoms with Crippen molar-refractivity contribution in [3.63, 3.8) is 0 Å². The van der Waals surface area contributed by atoms with E-state index >= 15 is 0 Å². The van der Waals surface area contributed by atoms with Crippen molar-refractivity contribution in [1.82, 2.24) is 10.3 Å². The number of ether oxygens (including phenoxy) is 1. The highest BCUT2D eigenvalue weighted by atomic mass is 32.1. The van der Waals surface area contributed by atoms with Gasteiger partial charge in [0.05, 0.1) is 18.7 Å². The molecule has 2 aromatic rings. The first kappa shape index (κ1) is 18.5. The second-order valence-electron chi connectivity index (χ2n) is 6.18. The number of hydrogen-bond acceptors (Lipinski definition) is 5. The molecular formula is C19H23N3O3S. The number of nitrogens with zero attached hydrogens (tertiary/aromatic N) is 2. The Bertz CT molecular complexity index is 758. The molecule has 138 valence electrons. The van der Waals surface area contributed by atoms with Crippen LogP contribution in [0.15, 0.2) is 29.6 Å². The minimum Gasteiger partial charge on any atom is -0.377 e. The minimum absolute atomic E-state index is 0.0759. The van der Waals surface area contributed by atoms with Crippen LogP contribution in [0.3, 0.4) is 0 Å². The molecule has 7 heteroatoms. The zero-order chi connectivity index (χ0) is 18.4. The molecule has 6 nitrogen and oxygen atoms in total. The van der Waals surface area contributed by atoms with Crippen LogP contribution < -0.4 is 10.2 Å². The highest BCUT2D eigenvalue weighted by molar-refractivity contribution is 7.14. The van der Waals surface area contributed by atoms with Gasteiger partial charge in [-0.25, -0.2) is 4.98 Å². The molecule has 3 rings (SSSR count). The zero-order valence-corrected chi connectivity index (χ0v) is 15.7. The summed E-state index contributed by atoms with van der Waals surface area (Å²) in [7, 11) is 0. The van der Waals surface area contributed by atoms with Gasteiger partial charge in [0.15, 0.2) is 5.13 Å². The van der Waals surface area contributed by atoms with Crippen LogP contribution in [0.1, 0.15) is 36.6 Å². The first-order valence-corrected chi connectivity index (χ1v) is 9.70. The number of carbonyl (C=O) groups is 2. The smallest absolute Gasteiger partial charge is 0.228 e. The van der Waals surface area contributed by atoms with Gasteiger partial charge in [0, 0.05) is 31.5 Å². The normalized spacial score (nSPS) is 14.0. The number of benzene rings is 1. The van der Waals surface area contributed by atoms with E-state index in [1.165, 1.54) is 11.3 Å². The fourth-order valence-corrected chi connectivity index (χ4v) is 3.62. The lowest BCUT2D eigenvalue weighted by atomic mass is 10.1. The number of rotatable bonds is 8. The molecule has 0 saturated carbocycles. The second-order valence-corrected chi connectivity index (χ2v) is 7.01. The minimum atomic E-state index is -0.0759. The van der Waals surface area contributed by atoms with Gasteiger partial charge in [-0.15, -0.1) is 11.3 Å². The number of nitrogens with one attached hydrogen (secondary N) is 1. The first-order chi connectivity index (χ1) is 12.7. The monoisotopic (exact) mass is 373 g/mol. The van der Waals surface area contributed by atoms with Crippen LogP contribution in [0.25, 0.3) is 0 Å². The highest BCUT2D eigenvalue weighted by Gasteiger charge is 2.24. The molecule has 1 aliphatic heterocycles. The molecule has 0 spiro atoms. The summed E-state index contributed by atoms with van der Waals surface area (Å²) in [6.07, 6.45) is 1.68. The Kier molecular flexibility index (Phi) is 6.35. The third-order valence-electron chi connectivity index (χ3n) is 4.17. The van der Waals surface area contributed by atoms with Crippen molar-refractivity contribution in [1.29, 1.82) is 0 Å². The van der Waals surface area contributed by atoms with E-state index in [4.69, 9.17) is 4.74 Å². The molecule has 0 bridgehead atoms. The van der Waals surface area contributed by atoms with Crippen molar-refractivity contribution >= 4 is 28.3 Å². The number of carbonyl (C=O) groups excluding carboxylic acids is 2. The summed E-state index contributed by atoms with van der Waals surface area (Å²) in [4.78, 5) is 30.0. The Hall–Kier alpha value is -2.25. The Morgan fingerprint density at radius 3 is 2.77 bits per heavy atom. The van der Waals surface area contributed by atoms with Crippen LogP contribution in [-0.4, -0.2) is 29.9 Å². The standard InChI is InChI=1S/C19H23N3O3S/c1-2-25-12-15-7-5-14(6-8-15)11-20-17(23)10-16-13-26-19(21-16)22-9-3-4-18(22)24/h5-8,13H,2-4,9-12H2,1H3,(H,20,23). The van der Waals surface area contributed by atoms with Crippen LogP contribution >= 0.6 is 11.3 Å². The molecule has 26 heavy (non-hydrogen) atoms. The average Bonchev–Trinajstić information content (AvgIpc) is 3.27. The van der Waals surface area contributed by atoms with Crippen LogP contribution in [0.5, 0.6) is 0 Å². The third kappa shape index (κ3) is 4.89. The molecule has 1 aromatic heterocycles. The number of anilines is 1. The molecule has 1 fully saturated rings. The SMILES string of the molecule is CCOCc1ccc(CNC(=O)Cc2csc(N3CCCC3=O)n2)cc1. The maximum Gasteiger partial charge on any atom is 0.228 e. The molecule has 1 aromatic carbocycles. The van der Waals surface area contributed by atoms with Gasteiger partial charge in [0.2, 0.25) is 11.8 Å². The summed E-state index contributed by atoms with van der Waals surface area (Å²) in [6, 6.07) is 8.01. The van der Waals surface area contributed by atoms with E-state index in [-0.39, 0.29) is 18.2 Å². The number of thiazole rings is 1. The van der Waals surface area contributed by atoms with Gasteiger partial charge < -0.3 is 10.1 Å². The van der Waals surface area contributed by atoms with Crippen LogP contribution in [0.2, 0.25) is 0 Å². The topological polar surface area (TPSA) is 71.5 Å². The maximum atomic E-state index is 12.1. The molecular weight excluding hydrogens is 350 g/mol. The van der Waals surface area contributed by atoms with Gasteiger partial charge in [-0.1, -0.05) is 24.3 Å². The van der Waals surface area contributed by atoms with E-state index in [0.29, 0.717) is 37.0 Å². The lowest BCUT2D eigenvalue weighted by Crippen LogP contribution is -2.25. The van der Waals surface area contributed by atoms with Crippen molar-refractivity contribution in [3.8, 4) is 0 Å². The summed E-state index contributed by atoms with van der Waals surface area (Å²) in [6.45, 7) is 4.47. The number of hydrogen-bond donors (Lipinski definition) is 1. The van der Waals surface area contributed by atoms with Gasteiger partial charge in [0.1, 0.15) is 0 Å². The van der Waals surface area contributed by atoms with Gasteiger partial charge in [-0.3, -0.25) is 14.5 Å². The lowest BCUT2D eigenvalue weighted by Gasteiger charge is -2.10. The van der Waals surface area contributed by atoms with Crippen molar-refractivity contribution in [2.45, 2.75) is 39.3 Å². The van der Waals surface area contributed by atoms with Crippen LogP contribution in [0, 0.1) is 0 Å². The molecule has 2 amide bonds. The van der Waals surface area contributed by atoms with Crippen molar-refractivity contribution in [2.24, 2.45) is 0 Å². The van der Waals surface area contributed by atoms with Crippen molar-refractivity contribution in [2.75, 3.05) is 18.1 Å². The average molecular weight is 373 g/mol. The fourth-order valence-electron chi connectivity index (χ4n) is 2.75.